The first kappa shape index (κ1) is 21.8. The van der Waals surface area contributed by atoms with Crippen molar-refractivity contribution in [3.8, 4) is 0 Å². The van der Waals surface area contributed by atoms with Crippen molar-refractivity contribution < 1.29 is 4.52 Å². The van der Waals surface area contributed by atoms with Crippen molar-refractivity contribution in [1.29, 1.82) is 0 Å². The van der Waals surface area contributed by atoms with Gasteiger partial charge in [0.1, 0.15) is 5.76 Å². The van der Waals surface area contributed by atoms with Gasteiger partial charge in [-0.3, -0.25) is 0 Å². The van der Waals surface area contributed by atoms with Crippen LogP contribution in [0.4, 0.5) is 0 Å². The molecular weight excluding hydrogens is 451 g/mol. The van der Waals surface area contributed by atoms with E-state index in [1.807, 2.05) is 31.2 Å². The number of hydrogen-bond donors (Lipinski definition) is 2. The number of nitrogens with zero attached hydrogens (tertiary/aromatic N) is 2. The van der Waals surface area contributed by atoms with Crippen molar-refractivity contribution in [2.45, 2.75) is 46.7 Å². The SMILES string of the molecule is CCNC(=NCc1ccccc1Cl)NCc1c(CC)noc1CC.I. The Labute approximate surface area is 171 Å². The van der Waals surface area contributed by atoms with Crippen LogP contribution in [0.1, 0.15) is 43.4 Å². The monoisotopic (exact) mass is 476 g/mol. The highest BCUT2D eigenvalue weighted by atomic mass is 127. The molecule has 0 amide bonds. The van der Waals surface area contributed by atoms with Crippen LogP contribution in [0, 0.1) is 0 Å². The third kappa shape index (κ3) is 6.18. The molecule has 25 heavy (non-hydrogen) atoms. The number of aromatic nitrogens is 1. The molecular formula is C18H26ClIN4O. The summed E-state index contributed by atoms with van der Waals surface area (Å²) in [5.74, 6) is 1.68. The molecule has 1 heterocycles. The highest BCUT2D eigenvalue weighted by Gasteiger charge is 2.13. The molecule has 7 heteroatoms. The van der Waals surface area contributed by atoms with Crippen LogP contribution < -0.4 is 10.6 Å². The predicted octanol–water partition coefficient (Wildman–Crippen LogP) is 4.33. The third-order valence-corrected chi connectivity index (χ3v) is 4.12. The number of aliphatic imine (C=N–C) groups is 1. The van der Waals surface area contributed by atoms with Crippen molar-refractivity contribution >= 4 is 41.5 Å². The first-order valence-electron chi connectivity index (χ1n) is 8.41. The molecule has 0 aliphatic rings. The minimum atomic E-state index is 0. The first-order chi connectivity index (χ1) is 11.7. The van der Waals surface area contributed by atoms with Crippen LogP contribution in [0.25, 0.3) is 0 Å². The van der Waals surface area contributed by atoms with Gasteiger partial charge in [0, 0.05) is 30.1 Å². The molecule has 0 radical (unpaired) electrons. The number of guanidine groups is 1. The van der Waals surface area contributed by atoms with Crippen LogP contribution >= 0.6 is 35.6 Å². The maximum absolute atomic E-state index is 6.19. The van der Waals surface area contributed by atoms with Gasteiger partial charge < -0.3 is 15.2 Å². The molecule has 0 saturated heterocycles. The minimum absolute atomic E-state index is 0. The average molecular weight is 477 g/mol. The van der Waals surface area contributed by atoms with Gasteiger partial charge in [-0.15, -0.1) is 24.0 Å². The second-order valence-electron chi connectivity index (χ2n) is 5.38. The summed E-state index contributed by atoms with van der Waals surface area (Å²) >= 11 is 6.19. The zero-order valence-electron chi connectivity index (χ0n) is 14.9. The van der Waals surface area contributed by atoms with Crippen LogP contribution in [0.15, 0.2) is 33.8 Å². The molecule has 0 aliphatic carbocycles. The second kappa shape index (κ2) is 11.4. The van der Waals surface area contributed by atoms with Crippen LogP contribution in [-0.4, -0.2) is 17.7 Å². The van der Waals surface area contributed by atoms with Gasteiger partial charge in [-0.1, -0.05) is 48.8 Å². The largest absolute Gasteiger partial charge is 0.361 e. The smallest absolute Gasteiger partial charge is 0.191 e. The molecule has 0 atom stereocenters. The van der Waals surface area contributed by atoms with Gasteiger partial charge in [0.05, 0.1) is 12.2 Å². The summed E-state index contributed by atoms with van der Waals surface area (Å²) in [4.78, 5) is 4.61. The van der Waals surface area contributed by atoms with Gasteiger partial charge >= 0.3 is 0 Å². The maximum Gasteiger partial charge on any atom is 0.191 e. The Morgan fingerprint density at radius 3 is 2.56 bits per heavy atom. The molecule has 0 spiro atoms. The first-order valence-corrected chi connectivity index (χ1v) is 8.79. The van der Waals surface area contributed by atoms with E-state index < -0.39 is 0 Å². The standard InChI is InChI=1S/C18H25ClN4O.HI/c1-4-16-14(17(5-2)24-23-16)12-22-18(20-6-3)21-11-13-9-7-8-10-15(13)19;/h7-10H,4-6,11-12H2,1-3H3,(H2,20,21,22);1H. The highest BCUT2D eigenvalue weighted by Crippen LogP contribution is 2.16. The van der Waals surface area contributed by atoms with Crippen LogP contribution in [0.3, 0.4) is 0 Å². The van der Waals surface area contributed by atoms with Gasteiger partial charge in [-0.2, -0.15) is 0 Å². The molecule has 2 rings (SSSR count). The van der Waals surface area contributed by atoms with Gasteiger partial charge in [0.25, 0.3) is 0 Å². The van der Waals surface area contributed by atoms with Crippen LogP contribution in [0.2, 0.25) is 5.02 Å². The third-order valence-electron chi connectivity index (χ3n) is 3.75. The molecule has 2 N–H and O–H groups in total. The molecule has 0 fully saturated rings. The maximum atomic E-state index is 6.19. The number of rotatable bonds is 7. The molecule has 5 nitrogen and oxygen atoms in total. The molecule has 0 unspecified atom stereocenters. The van der Waals surface area contributed by atoms with E-state index in [4.69, 9.17) is 16.1 Å². The lowest BCUT2D eigenvalue weighted by Gasteiger charge is -2.12. The second-order valence-corrected chi connectivity index (χ2v) is 5.79. The topological polar surface area (TPSA) is 62.5 Å². The lowest BCUT2D eigenvalue weighted by molar-refractivity contribution is 0.380. The number of hydrogen-bond acceptors (Lipinski definition) is 3. The zero-order valence-corrected chi connectivity index (χ0v) is 18.0. The van der Waals surface area contributed by atoms with Gasteiger partial charge in [0.15, 0.2) is 5.96 Å². The Kier molecular flexibility index (Phi) is 9.89. The summed E-state index contributed by atoms with van der Waals surface area (Å²) in [7, 11) is 0. The number of benzene rings is 1. The van der Waals surface area contributed by atoms with E-state index in [0.29, 0.717) is 13.1 Å². The van der Waals surface area contributed by atoms with E-state index >= 15 is 0 Å². The van der Waals surface area contributed by atoms with Gasteiger partial charge in [-0.25, -0.2) is 4.99 Å². The normalized spacial score (nSPS) is 11.1. The summed E-state index contributed by atoms with van der Waals surface area (Å²) in [6, 6.07) is 7.75. The fourth-order valence-corrected chi connectivity index (χ4v) is 2.64. The average Bonchev–Trinajstić information content (AvgIpc) is 3.00. The molecule has 0 saturated carbocycles. The Balaban J connectivity index is 0.00000312. The summed E-state index contributed by atoms with van der Waals surface area (Å²) in [6.07, 6.45) is 1.69. The van der Waals surface area contributed by atoms with Crippen molar-refractivity contribution in [2.75, 3.05) is 6.54 Å². The summed E-state index contributed by atoms with van der Waals surface area (Å²) in [5.41, 5.74) is 3.13. The van der Waals surface area contributed by atoms with E-state index in [9.17, 15) is 0 Å². The van der Waals surface area contributed by atoms with E-state index in [1.54, 1.807) is 0 Å². The fourth-order valence-electron chi connectivity index (χ4n) is 2.44. The summed E-state index contributed by atoms with van der Waals surface area (Å²) < 4.78 is 5.41. The highest BCUT2D eigenvalue weighted by molar-refractivity contribution is 14.0. The van der Waals surface area contributed by atoms with Crippen molar-refractivity contribution in [3.63, 3.8) is 0 Å². The van der Waals surface area contributed by atoms with Crippen LogP contribution in [0.5, 0.6) is 0 Å². The lowest BCUT2D eigenvalue weighted by Crippen LogP contribution is -2.37. The molecule has 0 bridgehead atoms. The molecule has 138 valence electrons. The molecule has 1 aromatic heterocycles. The van der Waals surface area contributed by atoms with Crippen molar-refractivity contribution in [3.05, 3.63) is 51.9 Å². The molecule has 1 aromatic carbocycles. The predicted molar refractivity (Wildman–Crippen MR) is 114 cm³/mol. The minimum Gasteiger partial charge on any atom is -0.361 e. The molecule has 0 aliphatic heterocycles. The van der Waals surface area contributed by atoms with Crippen molar-refractivity contribution in [1.82, 2.24) is 15.8 Å². The quantitative estimate of drug-likeness (QED) is 0.355. The summed E-state index contributed by atoms with van der Waals surface area (Å²) in [6.45, 7) is 8.15. The van der Waals surface area contributed by atoms with E-state index in [-0.39, 0.29) is 24.0 Å². The molecule has 2 aromatic rings. The summed E-state index contributed by atoms with van der Waals surface area (Å²) in [5, 5.41) is 11.5. The fraction of sp³-hybridized carbons (Fsp3) is 0.444. The van der Waals surface area contributed by atoms with Gasteiger partial charge in [-0.05, 0) is 25.0 Å². The van der Waals surface area contributed by atoms with E-state index in [0.717, 1.165) is 52.9 Å². The Bertz CT molecular complexity index is 666. The van der Waals surface area contributed by atoms with Crippen molar-refractivity contribution in [2.24, 2.45) is 4.99 Å². The lowest BCUT2D eigenvalue weighted by atomic mass is 10.1. The number of nitrogens with one attached hydrogen (secondary N) is 2. The van der Waals surface area contributed by atoms with Crippen LogP contribution in [-0.2, 0) is 25.9 Å². The van der Waals surface area contributed by atoms with Gasteiger partial charge in [0.2, 0.25) is 0 Å². The number of halogens is 2. The Morgan fingerprint density at radius 2 is 1.92 bits per heavy atom. The Hall–Kier alpha value is -1.28. The number of aryl methyl sites for hydroxylation is 2. The zero-order chi connectivity index (χ0) is 17.4. The van der Waals surface area contributed by atoms with E-state index in [2.05, 4.69) is 34.6 Å². The Morgan fingerprint density at radius 1 is 1.16 bits per heavy atom. The van der Waals surface area contributed by atoms with E-state index in [1.165, 1.54) is 0 Å².